The molecule has 1 aromatic heterocycles. The van der Waals surface area contributed by atoms with Crippen molar-refractivity contribution in [2.45, 2.75) is 20.4 Å². The van der Waals surface area contributed by atoms with E-state index in [9.17, 15) is 0 Å². The third-order valence-electron chi connectivity index (χ3n) is 4.83. The fourth-order valence-corrected chi connectivity index (χ4v) is 3.47. The highest BCUT2D eigenvalue weighted by molar-refractivity contribution is 5.69. The Morgan fingerprint density at radius 2 is 1.63 bits per heavy atom. The molecule has 1 aliphatic rings. The van der Waals surface area contributed by atoms with Crippen LogP contribution in [0, 0.1) is 0 Å². The fraction of sp³-hybridized carbons (Fsp3) is 0.160. The van der Waals surface area contributed by atoms with Gasteiger partial charge in [-0.25, -0.2) is 0 Å². The molecule has 0 fully saturated rings. The second-order valence-electron chi connectivity index (χ2n) is 6.60. The molecule has 3 aromatic rings. The molecule has 0 radical (unpaired) electrons. The highest BCUT2D eigenvalue weighted by atomic mass is 127. The summed E-state index contributed by atoms with van der Waals surface area (Å²) in [5, 5.41) is 0. The first-order chi connectivity index (χ1) is 14.3. The number of aromatic nitrogens is 1. The van der Waals surface area contributed by atoms with Gasteiger partial charge in [-0.2, -0.15) is 4.57 Å². The summed E-state index contributed by atoms with van der Waals surface area (Å²) in [6.07, 6.45) is 13.9. The van der Waals surface area contributed by atoms with Crippen LogP contribution in [0.3, 0.4) is 0 Å². The lowest BCUT2D eigenvalue weighted by molar-refractivity contribution is -0.674. The molecule has 0 unspecified atom stereocenters. The van der Waals surface area contributed by atoms with E-state index in [1.807, 2.05) is 78.9 Å². The van der Waals surface area contributed by atoms with Crippen LogP contribution in [-0.4, -0.2) is 6.54 Å². The number of aryl methyl sites for hydroxylation is 1. The smallest absolute Gasteiger partial charge is 0.374 e. The van der Waals surface area contributed by atoms with Gasteiger partial charge in [-0.3, -0.25) is 0 Å². The molecule has 30 heavy (non-hydrogen) atoms. The maximum Gasteiger partial charge on any atom is 0.374 e. The Labute approximate surface area is 194 Å². The van der Waals surface area contributed by atoms with Gasteiger partial charge >= 0.3 is 5.89 Å². The molecule has 5 heteroatoms. The first-order valence-electron chi connectivity index (χ1n) is 9.99. The van der Waals surface area contributed by atoms with Gasteiger partial charge < -0.3 is 38.0 Å². The van der Waals surface area contributed by atoms with Gasteiger partial charge in [0.2, 0.25) is 11.5 Å². The van der Waals surface area contributed by atoms with Crippen LogP contribution >= 0.6 is 0 Å². The second kappa shape index (κ2) is 10.3. The van der Waals surface area contributed by atoms with Crippen molar-refractivity contribution >= 4 is 22.9 Å². The number of nitrogens with zero attached hydrogens (tertiary/aromatic N) is 2. The van der Waals surface area contributed by atoms with E-state index in [4.69, 9.17) is 9.15 Å². The van der Waals surface area contributed by atoms with E-state index in [2.05, 4.69) is 35.4 Å². The number of oxazole rings is 1. The Bertz CT molecular complexity index is 1130. The van der Waals surface area contributed by atoms with Crippen molar-refractivity contribution in [1.82, 2.24) is 0 Å². The number of fused-ring (bicyclic) bond motifs is 2. The van der Waals surface area contributed by atoms with Gasteiger partial charge in [-0.15, -0.1) is 0 Å². The normalized spacial score (nSPS) is 14.9. The summed E-state index contributed by atoms with van der Waals surface area (Å²) >= 11 is 0. The number of para-hydroxylation sites is 4. The van der Waals surface area contributed by atoms with Gasteiger partial charge in [0, 0.05) is 12.6 Å². The lowest BCUT2D eigenvalue weighted by Crippen LogP contribution is -3.00. The average molecular weight is 512 g/mol. The van der Waals surface area contributed by atoms with E-state index in [1.165, 1.54) is 0 Å². The van der Waals surface area contributed by atoms with Gasteiger partial charge in [0.15, 0.2) is 5.75 Å². The number of halogens is 1. The van der Waals surface area contributed by atoms with Gasteiger partial charge in [-0.05, 0) is 38.1 Å². The summed E-state index contributed by atoms with van der Waals surface area (Å²) in [6, 6.07) is 16.2. The standard InChI is InChI=1S/C25H25N2O2.HI/c1-3-26-20-14-10-12-16-22(20)28-24(26)18-8-6-5-7-9-19-25-27(4-2)21-15-11-13-17-23(21)29-25;/h5-19H,3-4H2,1-2H3;1H/q+1;/p-1. The molecule has 4 rings (SSSR count). The number of anilines is 1. The largest absolute Gasteiger partial charge is 1.00 e. The maximum atomic E-state index is 5.93. The lowest BCUT2D eigenvalue weighted by atomic mass is 10.3. The fourth-order valence-electron chi connectivity index (χ4n) is 3.47. The number of rotatable bonds is 6. The summed E-state index contributed by atoms with van der Waals surface area (Å²) in [5.74, 6) is 2.60. The molecule has 0 aliphatic carbocycles. The van der Waals surface area contributed by atoms with Gasteiger partial charge in [0.25, 0.3) is 5.52 Å². The Hall–Kier alpha value is -2.80. The molecule has 1 aliphatic heterocycles. The van der Waals surface area contributed by atoms with Crippen LogP contribution in [0.4, 0.5) is 5.69 Å². The number of ether oxygens (including phenoxy) is 1. The minimum absolute atomic E-state index is 0. The van der Waals surface area contributed by atoms with E-state index < -0.39 is 0 Å². The van der Waals surface area contributed by atoms with E-state index in [0.29, 0.717) is 0 Å². The van der Waals surface area contributed by atoms with Gasteiger partial charge in [-0.1, -0.05) is 54.6 Å². The van der Waals surface area contributed by atoms with Crippen LogP contribution in [0.15, 0.2) is 95.3 Å². The van der Waals surface area contributed by atoms with Crippen molar-refractivity contribution in [3.8, 4) is 5.75 Å². The van der Waals surface area contributed by atoms with Crippen LogP contribution in [0.1, 0.15) is 19.7 Å². The van der Waals surface area contributed by atoms with E-state index in [1.54, 1.807) is 0 Å². The van der Waals surface area contributed by atoms with Crippen molar-refractivity contribution in [2.75, 3.05) is 11.4 Å². The predicted molar refractivity (Wildman–Crippen MR) is 118 cm³/mol. The molecule has 4 nitrogen and oxygen atoms in total. The first-order valence-corrected chi connectivity index (χ1v) is 9.99. The van der Waals surface area contributed by atoms with Crippen molar-refractivity contribution in [2.24, 2.45) is 0 Å². The molecule has 2 aromatic carbocycles. The third-order valence-corrected chi connectivity index (χ3v) is 4.83. The molecule has 2 heterocycles. The molecule has 0 amide bonds. The van der Waals surface area contributed by atoms with E-state index in [0.717, 1.165) is 47.4 Å². The average Bonchev–Trinajstić information content (AvgIpc) is 3.29. The summed E-state index contributed by atoms with van der Waals surface area (Å²) in [7, 11) is 0. The van der Waals surface area contributed by atoms with Crippen LogP contribution in [0.5, 0.6) is 5.75 Å². The van der Waals surface area contributed by atoms with Crippen LogP contribution in [-0.2, 0) is 6.54 Å². The topological polar surface area (TPSA) is 29.5 Å². The minimum Gasteiger partial charge on any atom is -1.00 e. The summed E-state index contributed by atoms with van der Waals surface area (Å²) < 4.78 is 14.0. The summed E-state index contributed by atoms with van der Waals surface area (Å²) in [5.41, 5.74) is 3.13. The van der Waals surface area contributed by atoms with E-state index >= 15 is 0 Å². The highest BCUT2D eigenvalue weighted by Crippen LogP contribution is 2.38. The van der Waals surface area contributed by atoms with Gasteiger partial charge in [0.1, 0.15) is 6.54 Å². The zero-order valence-electron chi connectivity index (χ0n) is 17.2. The van der Waals surface area contributed by atoms with Gasteiger partial charge in [0.05, 0.1) is 11.8 Å². The molecule has 0 saturated heterocycles. The lowest BCUT2D eigenvalue weighted by Gasteiger charge is -2.14. The molecule has 0 atom stereocenters. The Balaban J connectivity index is 0.00000256. The monoisotopic (exact) mass is 512 g/mol. The van der Waals surface area contributed by atoms with Crippen molar-refractivity contribution < 1.29 is 37.7 Å². The van der Waals surface area contributed by atoms with Crippen LogP contribution in [0.2, 0.25) is 0 Å². The Morgan fingerprint density at radius 3 is 2.47 bits per heavy atom. The zero-order chi connectivity index (χ0) is 20.1. The summed E-state index contributed by atoms with van der Waals surface area (Å²) in [6.45, 7) is 5.97. The number of hydrogen-bond donors (Lipinski definition) is 0. The molecule has 0 bridgehead atoms. The summed E-state index contributed by atoms with van der Waals surface area (Å²) in [4.78, 5) is 2.16. The SMILES string of the molecule is CCN1/C(=C/C=C/C=C/C=C/c2oc3ccccc3[n+]2CC)Oc2ccccc21.[I-]. The van der Waals surface area contributed by atoms with E-state index in [-0.39, 0.29) is 24.0 Å². The molecular weight excluding hydrogens is 487 g/mol. The molecular formula is C25H25IN2O2. The molecule has 154 valence electrons. The van der Waals surface area contributed by atoms with Crippen LogP contribution in [0.25, 0.3) is 17.2 Å². The highest BCUT2D eigenvalue weighted by Gasteiger charge is 2.23. The van der Waals surface area contributed by atoms with Crippen molar-refractivity contribution in [1.29, 1.82) is 0 Å². The molecule has 0 spiro atoms. The number of allylic oxidation sites excluding steroid dienone is 6. The number of hydrogen-bond acceptors (Lipinski definition) is 3. The second-order valence-corrected chi connectivity index (χ2v) is 6.60. The third kappa shape index (κ3) is 4.51. The molecule has 0 N–H and O–H groups in total. The number of benzene rings is 2. The van der Waals surface area contributed by atoms with Crippen LogP contribution < -0.4 is 38.2 Å². The quantitative estimate of drug-likeness (QED) is 0.289. The molecule has 0 saturated carbocycles. The Morgan fingerprint density at radius 1 is 0.900 bits per heavy atom. The minimum atomic E-state index is 0. The Kier molecular flexibility index (Phi) is 7.52. The van der Waals surface area contributed by atoms with Crippen molar-refractivity contribution in [3.63, 3.8) is 0 Å². The maximum absolute atomic E-state index is 5.93. The zero-order valence-corrected chi connectivity index (χ0v) is 19.3. The first kappa shape index (κ1) is 21.9. The predicted octanol–water partition coefficient (Wildman–Crippen LogP) is 2.63. The van der Waals surface area contributed by atoms with Crippen molar-refractivity contribution in [3.05, 3.63) is 96.8 Å².